The first-order valence-electron chi connectivity index (χ1n) is 21.5. The number of hydrogen-bond donors (Lipinski definition) is 0. The van der Waals surface area contributed by atoms with Crippen molar-refractivity contribution in [1.29, 1.82) is 0 Å². The van der Waals surface area contributed by atoms with Crippen molar-refractivity contribution in [3.8, 4) is 0 Å². The topological polar surface area (TPSA) is 3.24 Å². The Labute approximate surface area is 442 Å². The van der Waals surface area contributed by atoms with Crippen LogP contribution in [0.25, 0.3) is 21.5 Å². The average molecular weight is 1170 g/mol. The Bertz CT molecular complexity index is 3250. The molecule has 23 heteroatoms. The molecular formula is C54H26BF20NZr. The molecule has 0 N–H and O–H groups in total. The number of halogens is 20. The smallest absolute Gasteiger partial charge is 0.301 e. The van der Waals surface area contributed by atoms with Gasteiger partial charge in [-0.2, -0.15) is 24.6 Å². The maximum Gasteiger partial charge on any atom is 4.00 e. The summed E-state index contributed by atoms with van der Waals surface area (Å²) < 4.78 is 294. The van der Waals surface area contributed by atoms with Gasteiger partial charge < -0.3 is 4.90 Å². The summed E-state index contributed by atoms with van der Waals surface area (Å²) in [5.41, 5.74) is -10.8. The van der Waals surface area contributed by atoms with E-state index in [9.17, 15) is 52.7 Å². The normalized spacial score (nSPS) is 11.4. The molecule has 0 unspecified atom stereocenters. The summed E-state index contributed by atoms with van der Waals surface area (Å²) in [6.07, 6.45) is -7.22. The Kier molecular flexibility index (Phi) is 18.1. The van der Waals surface area contributed by atoms with Gasteiger partial charge in [-0.05, 0) is 7.05 Å². The molecule has 0 fully saturated rings. The number of nitrogens with zero attached hydrogens (tertiary/aromatic N) is 1. The van der Waals surface area contributed by atoms with E-state index in [2.05, 4.69) is 104 Å². The van der Waals surface area contributed by atoms with Crippen LogP contribution in [0.3, 0.4) is 0 Å². The third kappa shape index (κ3) is 10.8. The molecule has 9 aromatic carbocycles. The second-order valence-electron chi connectivity index (χ2n) is 16.6. The zero-order chi connectivity index (χ0) is 55.8. The van der Waals surface area contributed by atoms with Gasteiger partial charge in [0, 0.05) is 13.1 Å². The zero-order valence-corrected chi connectivity index (χ0v) is 41.0. The van der Waals surface area contributed by atoms with E-state index in [1.807, 2.05) is 30.3 Å². The van der Waals surface area contributed by atoms with Crippen LogP contribution in [0.15, 0.2) is 103 Å². The summed E-state index contributed by atoms with van der Waals surface area (Å²) >= 11 is 0. The molecule has 0 aliphatic heterocycles. The standard InChI is InChI=1S/C24BF20.C23H19N.C7H7.Zr/c26-5-1(6(27)14(35)21(42)13(5)34)25(2-7(28)15(36)22(43)16(37)8(2)29,3-9(30)17(38)23(44)18(39)10(3)31)4-11(32)19(40)24(45)20(41)12(4)33;1-24(16-18-10-12-20-6-2-4-8-22(20)14-18)17-19-11-13-21-7-3-5-9-23(21)15-19;1-7-5-3-2-4-6-7;/h;2-13H,16-17H2,1H3;2-6H,1H2;/q-1;-2;-1;+4. The molecule has 0 spiro atoms. The van der Waals surface area contributed by atoms with Crippen LogP contribution < -0.4 is 21.9 Å². The summed E-state index contributed by atoms with van der Waals surface area (Å²) in [6, 6.07) is 42.4. The fraction of sp³-hybridized carbons (Fsp3) is 0.0556. The first kappa shape index (κ1) is 59.1. The Morgan fingerprint density at radius 1 is 0.325 bits per heavy atom. The quantitative estimate of drug-likeness (QED) is 0.0482. The van der Waals surface area contributed by atoms with Crippen LogP contribution in [0, 0.1) is 135 Å². The molecule has 0 amide bonds. The second kappa shape index (κ2) is 23.6. The number of fused-ring (bicyclic) bond motifs is 2. The van der Waals surface area contributed by atoms with Crippen molar-refractivity contribution in [1.82, 2.24) is 4.90 Å². The summed E-state index contributed by atoms with van der Waals surface area (Å²) in [7, 11) is 2.14. The number of rotatable bonds is 8. The van der Waals surface area contributed by atoms with Crippen molar-refractivity contribution in [2.24, 2.45) is 0 Å². The van der Waals surface area contributed by atoms with Crippen LogP contribution in [0.5, 0.6) is 0 Å². The van der Waals surface area contributed by atoms with Crippen LogP contribution in [-0.2, 0) is 39.3 Å². The van der Waals surface area contributed by atoms with Gasteiger partial charge in [0.1, 0.15) is 52.7 Å². The van der Waals surface area contributed by atoms with Crippen molar-refractivity contribution < 1.29 is 114 Å². The van der Waals surface area contributed by atoms with Gasteiger partial charge in [0.2, 0.25) is 0 Å². The van der Waals surface area contributed by atoms with Crippen molar-refractivity contribution in [3.63, 3.8) is 0 Å². The Morgan fingerprint density at radius 2 is 0.558 bits per heavy atom. The van der Waals surface area contributed by atoms with Crippen LogP contribution in [-0.4, -0.2) is 18.1 Å². The molecule has 0 bridgehead atoms. The molecule has 0 saturated carbocycles. The summed E-state index contributed by atoms with van der Waals surface area (Å²) in [5.74, 6) is -71.4. The third-order valence-electron chi connectivity index (χ3n) is 11.9. The summed E-state index contributed by atoms with van der Waals surface area (Å²) in [4.78, 5) is 2.31. The van der Waals surface area contributed by atoms with Gasteiger partial charge >= 0.3 is 26.2 Å². The summed E-state index contributed by atoms with van der Waals surface area (Å²) in [6.45, 7) is 5.48. The molecule has 0 aliphatic rings. The summed E-state index contributed by atoms with van der Waals surface area (Å²) in [5, 5.41) is 4.85. The molecule has 1 nitrogen and oxygen atoms in total. The minimum atomic E-state index is -7.22. The van der Waals surface area contributed by atoms with E-state index in [4.69, 9.17) is 0 Å². The number of hydrogen-bond acceptors (Lipinski definition) is 1. The minimum absolute atomic E-state index is 0. The Hall–Kier alpha value is -7.12. The first-order valence-corrected chi connectivity index (χ1v) is 21.5. The average Bonchev–Trinajstić information content (AvgIpc) is 3.45. The van der Waals surface area contributed by atoms with Crippen molar-refractivity contribution in [2.75, 3.05) is 7.05 Å². The largest absolute Gasteiger partial charge is 4.00 e. The molecule has 394 valence electrons. The molecule has 9 aromatic rings. The second-order valence-corrected chi connectivity index (χ2v) is 16.6. The fourth-order valence-electron chi connectivity index (χ4n) is 8.50. The van der Waals surface area contributed by atoms with Crippen LogP contribution in [0.2, 0.25) is 0 Å². The van der Waals surface area contributed by atoms with E-state index in [-0.39, 0.29) is 26.2 Å². The Morgan fingerprint density at radius 3 is 0.805 bits per heavy atom. The monoisotopic (exact) mass is 1170 g/mol. The molecule has 9 rings (SSSR count). The Balaban J connectivity index is 0.000000247. The van der Waals surface area contributed by atoms with Crippen LogP contribution in [0.4, 0.5) is 87.8 Å². The molecule has 0 heterocycles. The minimum Gasteiger partial charge on any atom is -0.301 e. The van der Waals surface area contributed by atoms with E-state index >= 15 is 35.1 Å². The predicted molar refractivity (Wildman–Crippen MR) is 241 cm³/mol. The van der Waals surface area contributed by atoms with E-state index < -0.39 is 144 Å². The van der Waals surface area contributed by atoms with Crippen molar-refractivity contribution >= 4 is 49.5 Å². The van der Waals surface area contributed by atoms with Gasteiger partial charge in [0.15, 0.2) is 69.8 Å². The van der Waals surface area contributed by atoms with Crippen LogP contribution >= 0.6 is 0 Å². The molecule has 0 atom stereocenters. The zero-order valence-electron chi connectivity index (χ0n) is 38.5. The first-order chi connectivity index (χ1) is 35.9. The SMILES string of the molecule is CN(Cc1[c-]c2ccccc2cc1)Cc1[c-]c2ccccc2cc1.Fc1c(F)c(F)c([B-](c2c(F)c(F)c(F)c(F)c2F)(c2c(F)c(F)c(F)c(F)c2F)c2c(F)c(F)c(F)c(F)c2F)c(F)c1F.[CH2-]c1ccccc1.[Zr+4]. The molecule has 0 aliphatic carbocycles. The van der Waals surface area contributed by atoms with Gasteiger partial charge in [-0.1, -0.05) is 30.3 Å². The molecule has 0 aromatic heterocycles. The van der Waals surface area contributed by atoms with E-state index in [1.54, 1.807) is 0 Å². The van der Waals surface area contributed by atoms with Crippen molar-refractivity contribution in [3.05, 3.63) is 255 Å². The maximum atomic E-state index is 15.4. The number of benzene rings is 9. The van der Waals surface area contributed by atoms with Gasteiger partial charge in [-0.3, -0.25) is 0 Å². The molecule has 0 saturated heterocycles. The fourth-order valence-corrected chi connectivity index (χ4v) is 8.50. The van der Waals surface area contributed by atoms with Gasteiger partial charge in [-0.25, -0.2) is 87.8 Å². The van der Waals surface area contributed by atoms with Gasteiger partial charge in [0.25, 0.3) is 0 Å². The van der Waals surface area contributed by atoms with E-state index in [0.29, 0.717) is 0 Å². The predicted octanol–water partition coefficient (Wildman–Crippen LogP) is 12.9. The third-order valence-corrected chi connectivity index (χ3v) is 11.9. The molecular weight excluding hydrogens is 1140 g/mol. The molecule has 0 radical (unpaired) electrons. The van der Waals surface area contributed by atoms with E-state index in [1.165, 1.54) is 32.7 Å². The maximum absolute atomic E-state index is 15.4. The van der Waals surface area contributed by atoms with Gasteiger partial charge in [-0.15, -0.1) is 127 Å². The van der Waals surface area contributed by atoms with E-state index in [0.717, 1.165) is 18.7 Å². The van der Waals surface area contributed by atoms with Gasteiger partial charge in [0.05, 0.1) is 0 Å². The van der Waals surface area contributed by atoms with Crippen molar-refractivity contribution in [2.45, 2.75) is 13.1 Å². The van der Waals surface area contributed by atoms with Crippen LogP contribution in [0.1, 0.15) is 16.7 Å². The molecule has 77 heavy (non-hydrogen) atoms.